The minimum atomic E-state index is -3.29. The first-order valence-electron chi connectivity index (χ1n) is 6.91. The molecule has 0 radical (unpaired) electrons. The first-order valence-corrected chi connectivity index (χ1v) is 8.80. The Morgan fingerprint density at radius 1 is 1.09 bits per heavy atom. The molecule has 1 aromatic heterocycles. The lowest BCUT2D eigenvalue weighted by Crippen LogP contribution is -2.13. The normalized spacial score (nSPS) is 10.9. The Kier molecular flexibility index (Phi) is 5.64. The second kappa shape index (κ2) is 7.68. The molecule has 0 amide bonds. The molecular weight excluding hydrogens is 318 g/mol. The highest BCUT2D eigenvalue weighted by atomic mass is 32.2. The van der Waals surface area contributed by atoms with Crippen molar-refractivity contribution in [3.63, 3.8) is 0 Å². The third kappa shape index (κ3) is 6.03. The van der Waals surface area contributed by atoms with Crippen molar-refractivity contribution in [1.82, 2.24) is 4.98 Å². The van der Waals surface area contributed by atoms with Crippen LogP contribution in [0.1, 0.15) is 0 Å². The fourth-order valence-corrected chi connectivity index (χ4v) is 2.34. The zero-order valence-electron chi connectivity index (χ0n) is 12.9. The predicted octanol–water partition coefficient (Wildman–Crippen LogP) is 1.95. The second-order valence-corrected chi connectivity index (χ2v) is 6.51. The van der Waals surface area contributed by atoms with E-state index in [1.807, 2.05) is 24.3 Å². The SMILES string of the molecule is COc1ccc(OCCNc2ccc(NS(C)(=O)=O)cn2)cc1. The van der Waals surface area contributed by atoms with Gasteiger partial charge in [-0.25, -0.2) is 13.4 Å². The lowest BCUT2D eigenvalue weighted by atomic mass is 10.3. The molecule has 0 aliphatic carbocycles. The van der Waals surface area contributed by atoms with E-state index in [0.717, 1.165) is 17.8 Å². The summed E-state index contributed by atoms with van der Waals surface area (Å²) in [6.45, 7) is 1.04. The first-order chi connectivity index (χ1) is 11.0. The average Bonchev–Trinajstić information content (AvgIpc) is 2.52. The minimum absolute atomic E-state index is 0.424. The fourth-order valence-electron chi connectivity index (χ4n) is 1.79. The summed E-state index contributed by atoms with van der Waals surface area (Å²) in [7, 11) is -1.67. The number of pyridine rings is 1. The number of nitrogens with zero attached hydrogens (tertiary/aromatic N) is 1. The average molecular weight is 337 g/mol. The number of methoxy groups -OCH3 is 1. The van der Waals surface area contributed by atoms with Gasteiger partial charge < -0.3 is 14.8 Å². The van der Waals surface area contributed by atoms with Crippen LogP contribution in [0.3, 0.4) is 0 Å². The molecule has 0 saturated heterocycles. The number of ether oxygens (including phenoxy) is 2. The van der Waals surface area contributed by atoms with E-state index < -0.39 is 10.0 Å². The zero-order chi connectivity index (χ0) is 16.7. The molecule has 124 valence electrons. The molecule has 0 unspecified atom stereocenters. The van der Waals surface area contributed by atoms with Gasteiger partial charge in [-0.3, -0.25) is 4.72 Å². The fraction of sp³-hybridized carbons (Fsp3) is 0.267. The summed E-state index contributed by atoms with van der Waals surface area (Å²) < 4.78 is 35.2. The van der Waals surface area contributed by atoms with Crippen LogP contribution in [0.2, 0.25) is 0 Å². The number of hydrogen-bond acceptors (Lipinski definition) is 6. The Hall–Kier alpha value is -2.48. The van der Waals surface area contributed by atoms with Crippen molar-refractivity contribution in [2.75, 3.05) is 36.6 Å². The van der Waals surface area contributed by atoms with Crippen molar-refractivity contribution in [2.24, 2.45) is 0 Å². The van der Waals surface area contributed by atoms with Gasteiger partial charge in [0.2, 0.25) is 10.0 Å². The van der Waals surface area contributed by atoms with Crippen LogP contribution in [0.15, 0.2) is 42.6 Å². The maximum atomic E-state index is 11.1. The van der Waals surface area contributed by atoms with Crippen LogP contribution in [0.25, 0.3) is 0 Å². The van der Waals surface area contributed by atoms with Gasteiger partial charge >= 0.3 is 0 Å². The van der Waals surface area contributed by atoms with Crippen LogP contribution in [-0.2, 0) is 10.0 Å². The van der Waals surface area contributed by atoms with Gasteiger partial charge in [-0.1, -0.05) is 0 Å². The van der Waals surface area contributed by atoms with Crippen LogP contribution in [0.5, 0.6) is 11.5 Å². The summed E-state index contributed by atoms with van der Waals surface area (Å²) in [6, 6.07) is 10.7. The summed E-state index contributed by atoms with van der Waals surface area (Å²) in [5.41, 5.74) is 0.424. The number of nitrogens with one attached hydrogen (secondary N) is 2. The van der Waals surface area contributed by atoms with Crippen LogP contribution in [-0.4, -0.2) is 39.9 Å². The first kappa shape index (κ1) is 16.9. The molecule has 0 bridgehead atoms. The summed E-state index contributed by atoms with van der Waals surface area (Å²) >= 11 is 0. The lowest BCUT2D eigenvalue weighted by molar-refractivity contribution is 0.331. The van der Waals surface area contributed by atoms with Crippen molar-refractivity contribution in [1.29, 1.82) is 0 Å². The maximum Gasteiger partial charge on any atom is 0.229 e. The van der Waals surface area contributed by atoms with Crippen LogP contribution in [0, 0.1) is 0 Å². The monoisotopic (exact) mass is 337 g/mol. The molecule has 0 atom stereocenters. The van der Waals surface area contributed by atoms with Gasteiger partial charge in [0.05, 0.1) is 31.8 Å². The number of hydrogen-bond donors (Lipinski definition) is 2. The Bertz CT molecular complexity index is 715. The smallest absolute Gasteiger partial charge is 0.229 e. The van der Waals surface area contributed by atoms with E-state index in [1.54, 1.807) is 19.2 Å². The van der Waals surface area contributed by atoms with E-state index in [9.17, 15) is 8.42 Å². The predicted molar refractivity (Wildman–Crippen MR) is 89.7 cm³/mol. The maximum absolute atomic E-state index is 11.1. The molecule has 2 rings (SSSR count). The quantitative estimate of drug-likeness (QED) is 0.716. The summed E-state index contributed by atoms with van der Waals surface area (Å²) in [6.07, 6.45) is 2.55. The molecule has 0 fully saturated rings. The number of sulfonamides is 1. The van der Waals surface area contributed by atoms with E-state index in [1.165, 1.54) is 6.20 Å². The van der Waals surface area contributed by atoms with Crippen molar-refractivity contribution in [3.05, 3.63) is 42.6 Å². The van der Waals surface area contributed by atoms with Crippen LogP contribution in [0.4, 0.5) is 11.5 Å². The second-order valence-electron chi connectivity index (χ2n) is 4.76. The summed E-state index contributed by atoms with van der Waals surface area (Å²) in [4.78, 5) is 4.12. The third-order valence-corrected chi connectivity index (χ3v) is 3.41. The highest BCUT2D eigenvalue weighted by molar-refractivity contribution is 7.92. The minimum Gasteiger partial charge on any atom is -0.497 e. The van der Waals surface area contributed by atoms with Crippen molar-refractivity contribution in [2.45, 2.75) is 0 Å². The molecule has 2 N–H and O–H groups in total. The van der Waals surface area contributed by atoms with Crippen molar-refractivity contribution in [3.8, 4) is 11.5 Å². The van der Waals surface area contributed by atoms with Crippen LogP contribution >= 0.6 is 0 Å². The van der Waals surface area contributed by atoms with Gasteiger partial charge in [0.25, 0.3) is 0 Å². The lowest BCUT2D eigenvalue weighted by Gasteiger charge is -2.09. The molecule has 23 heavy (non-hydrogen) atoms. The van der Waals surface area contributed by atoms with E-state index in [2.05, 4.69) is 15.0 Å². The number of benzene rings is 1. The van der Waals surface area contributed by atoms with Gasteiger partial charge in [0, 0.05) is 0 Å². The molecule has 8 heteroatoms. The Morgan fingerprint density at radius 3 is 2.35 bits per heavy atom. The molecule has 7 nitrogen and oxygen atoms in total. The van der Waals surface area contributed by atoms with Crippen molar-refractivity contribution >= 4 is 21.5 Å². The number of aromatic nitrogens is 1. The molecule has 1 aromatic carbocycles. The molecule has 0 saturated carbocycles. The van der Waals surface area contributed by atoms with Gasteiger partial charge in [-0.05, 0) is 36.4 Å². The van der Waals surface area contributed by atoms with Gasteiger partial charge in [0.15, 0.2) is 0 Å². The van der Waals surface area contributed by atoms with Gasteiger partial charge in [-0.15, -0.1) is 0 Å². The van der Waals surface area contributed by atoms with Crippen LogP contribution < -0.4 is 19.5 Å². The highest BCUT2D eigenvalue weighted by Gasteiger charge is 2.02. The Labute approximate surface area is 135 Å². The molecule has 0 aliphatic rings. The summed E-state index contributed by atoms with van der Waals surface area (Å²) in [5.74, 6) is 2.18. The molecular formula is C15H19N3O4S. The number of anilines is 2. The third-order valence-electron chi connectivity index (χ3n) is 2.80. The van der Waals surface area contributed by atoms with E-state index in [0.29, 0.717) is 24.7 Å². The Balaban J connectivity index is 1.75. The molecule has 0 aliphatic heterocycles. The van der Waals surface area contributed by atoms with Gasteiger partial charge in [0.1, 0.15) is 23.9 Å². The molecule has 0 spiro atoms. The standard InChI is InChI=1S/C15H19N3O4S/c1-21-13-4-6-14(7-5-13)22-10-9-16-15-8-3-12(11-17-15)18-23(2,19)20/h3-8,11,18H,9-10H2,1-2H3,(H,16,17). The zero-order valence-corrected chi connectivity index (χ0v) is 13.8. The number of rotatable bonds is 8. The summed E-state index contributed by atoms with van der Waals surface area (Å²) in [5, 5.41) is 3.09. The van der Waals surface area contributed by atoms with Gasteiger partial charge in [-0.2, -0.15) is 0 Å². The molecule has 2 aromatic rings. The Morgan fingerprint density at radius 2 is 1.78 bits per heavy atom. The van der Waals surface area contributed by atoms with E-state index in [-0.39, 0.29) is 0 Å². The topological polar surface area (TPSA) is 89.5 Å². The van der Waals surface area contributed by atoms with Crippen molar-refractivity contribution < 1.29 is 17.9 Å². The highest BCUT2D eigenvalue weighted by Crippen LogP contribution is 2.17. The van der Waals surface area contributed by atoms with E-state index in [4.69, 9.17) is 9.47 Å². The largest absolute Gasteiger partial charge is 0.497 e. The van der Waals surface area contributed by atoms with E-state index >= 15 is 0 Å². The molecule has 1 heterocycles.